The van der Waals surface area contributed by atoms with E-state index in [0.717, 1.165) is 11.2 Å². The van der Waals surface area contributed by atoms with Crippen LogP contribution >= 0.6 is 0 Å². The van der Waals surface area contributed by atoms with Crippen molar-refractivity contribution in [1.82, 2.24) is 0 Å². The molecule has 2 aliphatic rings. The minimum absolute atomic E-state index is 0.0521. The summed E-state index contributed by atoms with van der Waals surface area (Å²) < 4.78 is 6.40. The van der Waals surface area contributed by atoms with Gasteiger partial charge in [0.15, 0.2) is 0 Å². The molecule has 1 heteroatoms. The normalized spacial score (nSPS) is 16.1. The van der Waals surface area contributed by atoms with Gasteiger partial charge in [-0.2, -0.15) is 0 Å². The van der Waals surface area contributed by atoms with Crippen LogP contribution in [0.2, 0.25) is 0 Å². The quantitative estimate of drug-likeness (QED) is 0.189. The molecule has 186 valence electrons. The van der Waals surface area contributed by atoms with Gasteiger partial charge in [0, 0.05) is 21.6 Å². The maximum absolute atomic E-state index is 6.40. The molecule has 0 unspecified atom stereocenters. The maximum Gasteiger partial charge on any atom is 0.136 e. The lowest BCUT2D eigenvalue weighted by molar-refractivity contribution is 0.630. The molecule has 0 aliphatic heterocycles. The Balaban J connectivity index is 1.57. The van der Waals surface area contributed by atoms with Gasteiger partial charge in [-0.15, -0.1) is 0 Å². The summed E-state index contributed by atoms with van der Waals surface area (Å²) in [5, 5.41) is 7.67. The van der Waals surface area contributed by atoms with E-state index < -0.39 is 0 Å². The monoisotopic (exact) mass is 500 g/mol. The minimum atomic E-state index is -0.112. The highest BCUT2D eigenvalue weighted by Gasteiger charge is 2.41. The second-order valence-electron chi connectivity index (χ2n) is 12.5. The Morgan fingerprint density at radius 1 is 0.462 bits per heavy atom. The first-order valence-electron chi connectivity index (χ1n) is 13.9. The van der Waals surface area contributed by atoms with Gasteiger partial charge in [-0.3, -0.25) is 0 Å². The summed E-state index contributed by atoms with van der Waals surface area (Å²) >= 11 is 0. The molecule has 7 aromatic rings. The number of hydrogen-bond acceptors (Lipinski definition) is 1. The Hall–Kier alpha value is -4.36. The van der Waals surface area contributed by atoms with Crippen LogP contribution in [-0.2, 0) is 10.8 Å². The molecule has 9 rings (SSSR count). The molecule has 1 aromatic heterocycles. The van der Waals surface area contributed by atoms with Gasteiger partial charge in [0.2, 0.25) is 0 Å². The van der Waals surface area contributed by atoms with Gasteiger partial charge < -0.3 is 4.42 Å². The fourth-order valence-corrected chi connectivity index (χ4v) is 7.87. The van der Waals surface area contributed by atoms with E-state index in [9.17, 15) is 0 Å². The lowest BCUT2D eigenvalue weighted by atomic mass is 9.66. The van der Waals surface area contributed by atoms with Crippen molar-refractivity contribution in [2.24, 2.45) is 0 Å². The molecule has 2 aliphatic carbocycles. The molecule has 39 heavy (non-hydrogen) atoms. The summed E-state index contributed by atoms with van der Waals surface area (Å²) in [7, 11) is 0. The van der Waals surface area contributed by atoms with Crippen LogP contribution in [-0.4, -0.2) is 0 Å². The standard InChI is InChI=1S/C38H28O/c1-37(2)28-14-8-5-12-23(28)34-27-18-21-17-26-22-11-7-10-16-32(22)39-33(26)19-25(21)35-24-13-6-9-15-29(24)38(3,4)31(36(27)35)20-30(34)37/h5-20H,1-4H3. The van der Waals surface area contributed by atoms with Crippen molar-refractivity contribution in [3.05, 3.63) is 119 Å². The van der Waals surface area contributed by atoms with Crippen molar-refractivity contribution in [3.8, 4) is 22.3 Å². The van der Waals surface area contributed by atoms with E-state index in [1.807, 2.05) is 0 Å². The van der Waals surface area contributed by atoms with Gasteiger partial charge in [0.25, 0.3) is 0 Å². The molecule has 0 fully saturated rings. The molecule has 0 spiro atoms. The first kappa shape index (κ1) is 21.6. The lowest BCUT2D eigenvalue weighted by Crippen LogP contribution is -2.25. The van der Waals surface area contributed by atoms with E-state index in [1.165, 1.54) is 76.8 Å². The number of rotatable bonds is 0. The van der Waals surface area contributed by atoms with Crippen molar-refractivity contribution in [2.75, 3.05) is 0 Å². The molecular formula is C38H28O. The maximum atomic E-state index is 6.40. The highest BCUT2D eigenvalue weighted by molar-refractivity contribution is 6.23. The molecule has 1 heterocycles. The average Bonchev–Trinajstić information content (AvgIpc) is 3.41. The van der Waals surface area contributed by atoms with E-state index in [-0.39, 0.29) is 10.8 Å². The first-order chi connectivity index (χ1) is 18.9. The average molecular weight is 501 g/mol. The zero-order valence-corrected chi connectivity index (χ0v) is 22.6. The van der Waals surface area contributed by atoms with Crippen LogP contribution < -0.4 is 0 Å². The van der Waals surface area contributed by atoms with Crippen molar-refractivity contribution in [3.63, 3.8) is 0 Å². The molecule has 0 radical (unpaired) electrons. The molecular weight excluding hydrogens is 472 g/mol. The third kappa shape index (κ3) is 2.48. The Morgan fingerprint density at radius 2 is 1.08 bits per heavy atom. The van der Waals surface area contributed by atoms with Gasteiger partial charge in [-0.05, 0) is 90.3 Å². The minimum Gasteiger partial charge on any atom is -0.456 e. The van der Waals surface area contributed by atoms with Gasteiger partial charge in [-0.25, -0.2) is 0 Å². The second-order valence-corrected chi connectivity index (χ2v) is 12.5. The molecule has 0 atom stereocenters. The molecule has 1 nitrogen and oxygen atoms in total. The van der Waals surface area contributed by atoms with E-state index >= 15 is 0 Å². The Morgan fingerprint density at radius 3 is 1.85 bits per heavy atom. The topological polar surface area (TPSA) is 13.1 Å². The van der Waals surface area contributed by atoms with Crippen molar-refractivity contribution in [2.45, 2.75) is 38.5 Å². The van der Waals surface area contributed by atoms with Crippen LogP contribution in [0.1, 0.15) is 49.9 Å². The lowest BCUT2D eigenvalue weighted by Gasteiger charge is -2.37. The summed E-state index contributed by atoms with van der Waals surface area (Å²) in [6, 6.07) is 36.1. The van der Waals surface area contributed by atoms with E-state index in [2.05, 4.69) is 125 Å². The highest BCUT2D eigenvalue weighted by Crippen LogP contribution is 2.58. The Labute approximate surface area is 227 Å². The van der Waals surface area contributed by atoms with Crippen LogP contribution in [0.5, 0.6) is 0 Å². The van der Waals surface area contributed by atoms with Crippen LogP contribution in [0.4, 0.5) is 0 Å². The Bertz CT molecular complexity index is 2220. The van der Waals surface area contributed by atoms with Crippen molar-refractivity contribution < 1.29 is 4.42 Å². The fraction of sp³-hybridized carbons (Fsp3) is 0.158. The second kappa shape index (κ2) is 6.79. The molecule has 0 amide bonds. The summed E-state index contributed by atoms with van der Waals surface area (Å²) in [5.74, 6) is 0. The van der Waals surface area contributed by atoms with Crippen molar-refractivity contribution in [1.29, 1.82) is 0 Å². The van der Waals surface area contributed by atoms with Gasteiger partial charge in [0.05, 0.1) is 0 Å². The zero-order chi connectivity index (χ0) is 26.3. The first-order valence-corrected chi connectivity index (χ1v) is 13.9. The van der Waals surface area contributed by atoms with E-state index in [1.54, 1.807) is 0 Å². The summed E-state index contributed by atoms with van der Waals surface area (Å²) in [4.78, 5) is 0. The summed E-state index contributed by atoms with van der Waals surface area (Å²) in [6.07, 6.45) is 0. The van der Waals surface area contributed by atoms with Crippen LogP contribution in [0, 0.1) is 0 Å². The zero-order valence-electron chi connectivity index (χ0n) is 22.6. The predicted molar refractivity (Wildman–Crippen MR) is 164 cm³/mol. The number of para-hydroxylation sites is 1. The molecule has 0 bridgehead atoms. The summed E-state index contributed by atoms with van der Waals surface area (Å²) in [5.41, 5.74) is 12.9. The van der Waals surface area contributed by atoms with Gasteiger partial charge >= 0.3 is 0 Å². The third-order valence-corrected chi connectivity index (χ3v) is 9.82. The highest BCUT2D eigenvalue weighted by atomic mass is 16.3. The largest absolute Gasteiger partial charge is 0.456 e. The van der Waals surface area contributed by atoms with E-state index in [4.69, 9.17) is 4.42 Å². The smallest absolute Gasteiger partial charge is 0.136 e. The number of hydrogen-bond donors (Lipinski definition) is 0. The molecule has 6 aromatic carbocycles. The summed E-state index contributed by atoms with van der Waals surface area (Å²) in [6.45, 7) is 9.58. The Kier molecular flexibility index (Phi) is 3.75. The molecule has 0 saturated carbocycles. The van der Waals surface area contributed by atoms with Gasteiger partial charge in [0.1, 0.15) is 11.2 Å². The van der Waals surface area contributed by atoms with Crippen LogP contribution in [0.3, 0.4) is 0 Å². The van der Waals surface area contributed by atoms with Crippen LogP contribution in [0.15, 0.2) is 101 Å². The number of benzene rings is 6. The number of fused-ring (bicyclic) bond motifs is 11. The fourth-order valence-electron chi connectivity index (χ4n) is 7.87. The predicted octanol–water partition coefficient (Wildman–Crippen LogP) is 10.5. The number of furan rings is 1. The van der Waals surface area contributed by atoms with Crippen LogP contribution in [0.25, 0.3) is 65.7 Å². The van der Waals surface area contributed by atoms with Gasteiger partial charge in [-0.1, -0.05) is 100 Å². The third-order valence-electron chi connectivity index (χ3n) is 9.82. The SMILES string of the molecule is CC1(C)c2ccccc2-c2c1cc1c3c(c4cc5oc6ccccc6c5cc4cc23)-c2ccccc2C1(C)C. The molecule has 0 saturated heterocycles. The molecule has 0 N–H and O–H groups in total. The van der Waals surface area contributed by atoms with E-state index in [0.29, 0.717) is 0 Å². The van der Waals surface area contributed by atoms with Crippen molar-refractivity contribution >= 4 is 43.5 Å².